The number of sulfonamides is 1. The molecule has 0 aromatic heterocycles. The van der Waals surface area contributed by atoms with Gasteiger partial charge >= 0.3 is 6.18 Å². The van der Waals surface area contributed by atoms with Gasteiger partial charge in [-0.2, -0.15) is 13.2 Å². The molecule has 0 aliphatic rings. The summed E-state index contributed by atoms with van der Waals surface area (Å²) in [5, 5.41) is 10.3. The molecule has 0 saturated carbocycles. The van der Waals surface area contributed by atoms with E-state index < -0.39 is 42.3 Å². The number of anilines is 1. The van der Waals surface area contributed by atoms with Gasteiger partial charge in [-0.15, -0.1) is 6.58 Å². The van der Waals surface area contributed by atoms with Gasteiger partial charge in [0, 0.05) is 12.1 Å². The average Bonchev–Trinajstić information content (AvgIpc) is 2.59. The minimum Gasteiger partial charge on any atom is -0.263 e. The number of rotatable bonds is 6. The third kappa shape index (κ3) is 4.40. The molecule has 0 N–H and O–H groups in total. The van der Waals surface area contributed by atoms with Crippen LogP contribution in [0, 0.1) is 10.1 Å². The summed E-state index contributed by atoms with van der Waals surface area (Å²) in [7, 11) is -4.40. The number of hydrogen-bond acceptors (Lipinski definition) is 4. The molecule has 0 aliphatic carbocycles. The summed E-state index contributed by atoms with van der Waals surface area (Å²) in [6, 6.07) is 6.83. The van der Waals surface area contributed by atoms with Gasteiger partial charge in [-0.1, -0.05) is 23.7 Å². The summed E-state index contributed by atoms with van der Waals surface area (Å²) < 4.78 is 65.7. The fraction of sp³-hybridized carbons (Fsp3) is 0.125. The molecule has 6 nitrogen and oxygen atoms in total. The quantitative estimate of drug-likeness (QED) is 0.387. The predicted octanol–water partition coefficient (Wildman–Crippen LogP) is 4.65. The smallest absolute Gasteiger partial charge is 0.263 e. The standard InChI is InChI=1S/C16H12ClF3N2O4S/c1-2-8-21(11-6-7-15(17)14(10-11)16(18,19)20)27(25,26)13-5-3-4-12(9-13)22(23)24/h2-7,9-10H,1,8H2. The van der Waals surface area contributed by atoms with Crippen LogP contribution in [0.3, 0.4) is 0 Å². The highest BCUT2D eigenvalue weighted by molar-refractivity contribution is 7.92. The molecule has 0 fully saturated rings. The van der Waals surface area contributed by atoms with Crippen molar-refractivity contribution in [1.29, 1.82) is 0 Å². The molecule has 0 bridgehead atoms. The second-order valence-electron chi connectivity index (χ2n) is 5.24. The van der Waals surface area contributed by atoms with E-state index in [-0.39, 0.29) is 12.2 Å². The zero-order valence-electron chi connectivity index (χ0n) is 13.5. The van der Waals surface area contributed by atoms with Crippen molar-refractivity contribution in [2.75, 3.05) is 10.8 Å². The van der Waals surface area contributed by atoms with Crippen LogP contribution in [0.15, 0.2) is 60.0 Å². The lowest BCUT2D eigenvalue weighted by atomic mass is 10.2. The molecule has 27 heavy (non-hydrogen) atoms. The van der Waals surface area contributed by atoms with Crippen molar-refractivity contribution in [3.63, 3.8) is 0 Å². The predicted molar refractivity (Wildman–Crippen MR) is 94.3 cm³/mol. The molecule has 2 rings (SSSR count). The Balaban J connectivity index is 2.62. The number of nitro groups is 1. The second kappa shape index (κ2) is 7.57. The minimum absolute atomic E-state index is 0.307. The molecule has 0 atom stereocenters. The van der Waals surface area contributed by atoms with Gasteiger partial charge in [-0.25, -0.2) is 8.42 Å². The molecule has 0 heterocycles. The lowest BCUT2D eigenvalue weighted by Crippen LogP contribution is -2.31. The summed E-state index contributed by atoms with van der Waals surface area (Å²) in [4.78, 5) is 9.66. The fourth-order valence-corrected chi connectivity index (χ4v) is 3.92. The zero-order valence-corrected chi connectivity index (χ0v) is 15.1. The summed E-state index contributed by atoms with van der Waals surface area (Å²) in [6.07, 6.45) is -3.61. The van der Waals surface area contributed by atoms with Crippen LogP contribution < -0.4 is 4.31 Å². The summed E-state index contributed by atoms with van der Waals surface area (Å²) >= 11 is 5.57. The highest BCUT2D eigenvalue weighted by Gasteiger charge is 2.35. The maximum Gasteiger partial charge on any atom is 0.417 e. The molecule has 0 radical (unpaired) electrons. The molecule has 0 aliphatic heterocycles. The molecular weight excluding hydrogens is 409 g/mol. The van der Waals surface area contributed by atoms with E-state index in [1.165, 1.54) is 12.1 Å². The number of non-ortho nitro benzene ring substituents is 1. The summed E-state index contributed by atoms with van der Waals surface area (Å²) in [5.41, 5.74) is -1.98. The van der Waals surface area contributed by atoms with Crippen molar-refractivity contribution in [2.45, 2.75) is 11.1 Å². The SMILES string of the molecule is C=CCN(c1ccc(Cl)c(C(F)(F)F)c1)S(=O)(=O)c1cccc([N+](=O)[O-])c1. The molecule has 2 aromatic rings. The molecular formula is C16H12ClF3N2O4S. The number of nitro benzene ring substituents is 1. The molecule has 144 valence electrons. The fourth-order valence-electron chi connectivity index (χ4n) is 2.23. The van der Waals surface area contributed by atoms with Gasteiger partial charge in [-0.3, -0.25) is 14.4 Å². The van der Waals surface area contributed by atoms with Crippen molar-refractivity contribution < 1.29 is 26.5 Å². The van der Waals surface area contributed by atoms with Crippen molar-refractivity contribution in [3.05, 3.63) is 75.8 Å². The second-order valence-corrected chi connectivity index (χ2v) is 7.51. The first-order chi connectivity index (χ1) is 12.5. The van der Waals surface area contributed by atoms with E-state index in [1.807, 2.05) is 0 Å². The topological polar surface area (TPSA) is 80.5 Å². The van der Waals surface area contributed by atoms with E-state index in [1.54, 1.807) is 0 Å². The highest BCUT2D eigenvalue weighted by atomic mass is 35.5. The molecule has 2 aromatic carbocycles. The van der Waals surface area contributed by atoms with Gasteiger partial charge in [0.2, 0.25) is 0 Å². The normalized spacial score (nSPS) is 11.9. The number of nitrogens with zero attached hydrogens (tertiary/aromatic N) is 2. The Kier molecular flexibility index (Phi) is 5.81. The van der Waals surface area contributed by atoms with Gasteiger partial charge in [-0.05, 0) is 24.3 Å². The largest absolute Gasteiger partial charge is 0.417 e. The summed E-state index contributed by atoms with van der Waals surface area (Å²) in [6.45, 7) is 3.05. The zero-order chi connectivity index (χ0) is 20.4. The Morgan fingerprint density at radius 2 is 1.89 bits per heavy atom. The Hall–Kier alpha value is -2.59. The number of hydrogen-bond donors (Lipinski definition) is 0. The van der Waals surface area contributed by atoms with Gasteiger partial charge in [0.25, 0.3) is 15.7 Å². The van der Waals surface area contributed by atoms with Crippen LogP contribution >= 0.6 is 11.6 Å². The van der Waals surface area contributed by atoms with E-state index >= 15 is 0 Å². The van der Waals surface area contributed by atoms with Crippen LogP contribution in [0.1, 0.15) is 5.56 Å². The van der Waals surface area contributed by atoms with Crippen LogP contribution in [-0.4, -0.2) is 19.9 Å². The first kappa shape index (κ1) is 20.7. The van der Waals surface area contributed by atoms with E-state index in [0.29, 0.717) is 10.4 Å². The van der Waals surface area contributed by atoms with Crippen molar-refractivity contribution in [1.82, 2.24) is 0 Å². The van der Waals surface area contributed by atoms with Crippen LogP contribution in [-0.2, 0) is 16.2 Å². The van der Waals surface area contributed by atoms with E-state index in [9.17, 15) is 31.7 Å². The van der Waals surface area contributed by atoms with Crippen LogP contribution in [0.5, 0.6) is 0 Å². The lowest BCUT2D eigenvalue weighted by Gasteiger charge is -2.24. The van der Waals surface area contributed by atoms with Gasteiger partial charge in [0.05, 0.1) is 32.6 Å². The Morgan fingerprint density at radius 1 is 1.22 bits per heavy atom. The van der Waals surface area contributed by atoms with E-state index in [2.05, 4.69) is 6.58 Å². The Labute approximate surface area is 157 Å². The molecule has 0 unspecified atom stereocenters. The molecule has 0 saturated heterocycles. The number of benzene rings is 2. The van der Waals surface area contributed by atoms with Crippen LogP contribution in [0.4, 0.5) is 24.5 Å². The van der Waals surface area contributed by atoms with Crippen molar-refractivity contribution in [3.8, 4) is 0 Å². The lowest BCUT2D eigenvalue weighted by molar-refractivity contribution is -0.385. The average molecular weight is 421 g/mol. The Morgan fingerprint density at radius 3 is 2.44 bits per heavy atom. The van der Waals surface area contributed by atoms with E-state index in [0.717, 1.165) is 30.3 Å². The van der Waals surface area contributed by atoms with Crippen molar-refractivity contribution in [2.24, 2.45) is 0 Å². The monoisotopic (exact) mass is 420 g/mol. The van der Waals surface area contributed by atoms with Crippen molar-refractivity contribution >= 4 is 33.0 Å². The maximum absolute atomic E-state index is 13.1. The molecule has 11 heteroatoms. The summed E-state index contributed by atoms with van der Waals surface area (Å²) in [5.74, 6) is 0. The third-order valence-corrected chi connectivity index (χ3v) is 5.57. The molecule has 0 spiro atoms. The Bertz CT molecular complexity index is 993. The van der Waals surface area contributed by atoms with Crippen LogP contribution in [0.25, 0.3) is 0 Å². The number of halogens is 4. The van der Waals surface area contributed by atoms with E-state index in [4.69, 9.17) is 11.6 Å². The van der Waals surface area contributed by atoms with Gasteiger partial charge in [0.1, 0.15) is 0 Å². The highest BCUT2D eigenvalue weighted by Crippen LogP contribution is 2.38. The first-order valence-electron chi connectivity index (χ1n) is 7.23. The van der Waals surface area contributed by atoms with Crippen LogP contribution in [0.2, 0.25) is 5.02 Å². The maximum atomic E-state index is 13.1. The minimum atomic E-state index is -4.79. The third-order valence-electron chi connectivity index (χ3n) is 3.45. The molecule has 0 amide bonds. The number of alkyl halides is 3. The van der Waals surface area contributed by atoms with Gasteiger partial charge in [0.15, 0.2) is 0 Å². The first-order valence-corrected chi connectivity index (χ1v) is 9.05. The van der Waals surface area contributed by atoms with Gasteiger partial charge < -0.3 is 0 Å².